The van der Waals surface area contributed by atoms with Crippen LogP contribution in [0.4, 0.5) is 5.00 Å². The highest BCUT2D eigenvalue weighted by Gasteiger charge is 2.15. The molecular formula is C16H16BrNO3S. The summed E-state index contributed by atoms with van der Waals surface area (Å²) >= 11 is 4.59. The van der Waals surface area contributed by atoms with Gasteiger partial charge in [0.2, 0.25) is 5.91 Å². The summed E-state index contributed by atoms with van der Waals surface area (Å²) in [5, 5.41) is 3.48. The number of ether oxygens (including phenoxy) is 1. The van der Waals surface area contributed by atoms with Gasteiger partial charge in [0, 0.05) is 4.47 Å². The second kappa shape index (κ2) is 7.56. The molecule has 0 saturated carbocycles. The molecule has 0 fully saturated rings. The smallest absolute Gasteiger partial charge is 0.348 e. The second-order valence-corrected chi connectivity index (χ2v) is 6.66. The number of esters is 1. The van der Waals surface area contributed by atoms with Gasteiger partial charge in [-0.05, 0) is 43.2 Å². The quantitative estimate of drug-likeness (QED) is 0.790. The van der Waals surface area contributed by atoms with Crippen molar-refractivity contribution in [2.24, 2.45) is 0 Å². The van der Waals surface area contributed by atoms with Crippen molar-refractivity contribution in [3.63, 3.8) is 0 Å². The van der Waals surface area contributed by atoms with E-state index in [0.717, 1.165) is 15.6 Å². The third kappa shape index (κ3) is 4.42. The molecule has 0 radical (unpaired) electrons. The van der Waals surface area contributed by atoms with Crippen molar-refractivity contribution in [3.8, 4) is 0 Å². The zero-order chi connectivity index (χ0) is 16.1. The van der Waals surface area contributed by atoms with Crippen LogP contribution >= 0.6 is 27.3 Å². The Morgan fingerprint density at radius 2 is 1.95 bits per heavy atom. The zero-order valence-electron chi connectivity index (χ0n) is 12.3. The van der Waals surface area contributed by atoms with Crippen molar-refractivity contribution in [2.45, 2.75) is 20.3 Å². The van der Waals surface area contributed by atoms with Gasteiger partial charge in [-0.3, -0.25) is 4.79 Å². The standard InChI is InChI=1S/C16H16BrNO3S/c1-3-21-16(20)15-10(2)8-14(22-15)18-13(19)9-11-4-6-12(17)7-5-11/h4-8H,3,9H2,1-2H3,(H,18,19). The summed E-state index contributed by atoms with van der Waals surface area (Å²) in [6.45, 7) is 3.93. The number of hydrogen-bond donors (Lipinski definition) is 1. The molecule has 0 unspecified atom stereocenters. The molecule has 1 N–H and O–H groups in total. The Morgan fingerprint density at radius 1 is 1.27 bits per heavy atom. The van der Waals surface area contributed by atoms with Crippen molar-refractivity contribution in [2.75, 3.05) is 11.9 Å². The van der Waals surface area contributed by atoms with E-state index in [-0.39, 0.29) is 11.9 Å². The summed E-state index contributed by atoms with van der Waals surface area (Å²) < 4.78 is 5.96. The molecule has 0 saturated heterocycles. The summed E-state index contributed by atoms with van der Waals surface area (Å²) in [4.78, 5) is 24.3. The number of nitrogens with one attached hydrogen (secondary N) is 1. The Balaban J connectivity index is 2.01. The summed E-state index contributed by atoms with van der Waals surface area (Å²) in [6.07, 6.45) is 0.291. The predicted octanol–water partition coefficient (Wildman–Crippen LogP) is 4.18. The summed E-state index contributed by atoms with van der Waals surface area (Å²) in [6, 6.07) is 9.38. The molecule has 0 aliphatic rings. The maximum Gasteiger partial charge on any atom is 0.348 e. The lowest BCUT2D eigenvalue weighted by molar-refractivity contribution is -0.115. The number of carbonyl (C=O) groups excluding carboxylic acids is 2. The summed E-state index contributed by atoms with van der Waals surface area (Å²) in [7, 11) is 0. The lowest BCUT2D eigenvalue weighted by Gasteiger charge is -2.03. The fourth-order valence-corrected chi connectivity index (χ4v) is 3.16. The Kier molecular flexibility index (Phi) is 5.74. The predicted molar refractivity (Wildman–Crippen MR) is 91.5 cm³/mol. The Morgan fingerprint density at radius 3 is 2.59 bits per heavy atom. The van der Waals surface area contributed by atoms with Crippen LogP contribution in [0.3, 0.4) is 0 Å². The Labute approximate surface area is 141 Å². The summed E-state index contributed by atoms with van der Waals surface area (Å²) in [5.41, 5.74) is 1.74. The van der Waals surface area contributed by atoms with Gasteiger partial charge in [0.15, 0.2) is 0 Å². The largest absolute Gasteiger partial charge is 0.462 e. The number of thiophene rings is 1. The number of halogens is 1. The number of rotatable bonds is 5. The topological polar surface area (TPSA) is 55.4 Å². The molecule has 1 aromatic carbocycles. The van der Waals surface area contributed by atoms with E-state index in [2.05, 4.69) is 21.2 Å². The molecule has 2 aromatic rings. The molecule has 0 bridgehead atoms. The number of aryl methyl sites for hydroxylation is 1. The molecule has 2 rings (SSSR count). The number of benzene rings is 1. The monoisotopic (exact) mass is 381 g/mol. The van der Waals surface area contributed by atoms with E-state index in [1.54, 1.807) is 13.0 Å². The molecule has 6 heteroatoms. The fraction of sp³-hybridized carbons (Fsp3) is 0.250. The molecule has 1 amide bonds. The zero-order valence-corrected chi connectivity index (χ0v) is 14.7. The maximum atomic E-state index is 12.1. The average Bonchev–Trinajstić information content (AvgIpc) is 2.82. The van der Waals surface area contributed by atoms with Crippen LogP contribution in [-0.2, 0) is 16.0 Å². The van der Waals surface area contributed by atoms with Crippen LogP contribution in [0.15, 0.2) is 34.8 Å². The Hall–Kier alpha value is -1.66. The first-order valence-corrected chi connectivity index (χ1v) is 8.42. The van der Waals surface area contributed by atoms with E-state index in [0.29, 0.717) is 22.9 Å². The highest BCUT2D eigenvalue weighted by Crippen LogP contribution is 2.27. The SMILES string of the molecule is CCOC(=O)c1sc(NC(=O)Cc2ccc(Br)cc2)cc1C. The number of anilines is 1. The third-order valence-corrected chi connectivity index (χ3v) is 4.58. The van der Waals surface area contributed by atoms with Gasteiger partial charge in [0.25, 0.3) is 0 Å². The number of hydrogen-bond acceptors (Lipinski definition) is 4. The fourth-order valence-electron chi connectivity index (χ4n) is 1.91. The molecule has 1 aromatic heterocycles. The minimum absolute atomic E-state index is 0.112. The number of amides is 1. The third-order valence-electron chi connectivity index (χ3n) is 2.92. The molecule has 0 atom stereocenters. The lowest BCUT2D eigenvalue weighted by atomic mass is 10.1. The molecular weight excluding hydrogens is 366 g/mol. The van der Waals surface area contributed by atoms with Crippen molar-refractivity contribution in [1.29, 1.82) is 0 Å². The highest BCUT2D eigenvalue weighted by atomic mass is 79.9. The van der Waals surface area contributed by atoms with Crippen molar-refractivity contribution in [3.05, 3.63) is 50.8 Å². The first kappa shape index (κ1) is 16.7. The van der Waals surface area contributed by atoms with Gasteiger partial charge in [-0.25, -0.2) is 4.79 Å². The molecule has 0 aliphatic heterocycles. The van der Waals surface area contributed by atoms with E-state index in [1.165, 1.54) is 11.3 Å². The van der Waals surface area contributed by atoms with Crippen LogP contribution in [0.1, 0.15) is 27.7 Å². The van der Waals surface area contributed by atoms with Gasteiger partial charge in [0.05, 0.1) is 18.0 Å². The van der Waals surface area contributed by atoms with Crippen LogP contribution in [0.25, 0.3) is 0 Å². The van der Waals surface area contributed by atoms with E-state index >= 15 is 0 Å². The van der Waals surface area contributed by atoms with Crippen LogP contribution in [0.2, 0.25) is 0 Å². The molecule has 0 aliphatic carbocycles. The van der Waals surface area contributed by atoms with Crippen molar-refractivity contribution >= 4 is 44.1 Å². The molecule has 0 spiro atoms. The number of carbonyl (C=O) groups is 2. The van der Waals surface area contributed by atoms with Gasteiger partial charge >= 0.3 is 5.97 Å². The van der Waals surface area contributed by atoms with Gasteiger partial charge in [-0.1, -0.05) is 28.1 Å². The van der Waals surface area contributed by atoms with E-state index in [9.17, 15) is 9.59 Å². The van der Waals surface area contributed by atoms with Crippen LogP contribution < -0.4 is 5.32 Å². The normalized spacial score (nSPS) is 10.3. The van der Waals surface area contributed by atoms with Crippen molar-refractivity contribution < 1.29 is 14.3 Å². The molecule has 1 heterocycles. The van der Waals surface area contributed by atoms with E-state index in [1.807, 2.05) is 31.2 Å². The van der Waals surface area contributed by atoms with E-state index in [4.69, 9.17) is 4.74 Å². The van der Waals surface area contributed by atoms with Crippen molar-refractivity contribution in [1.82, 2.24) is 0 Å². The van der Waals surface area contributed by atoms with Gasteiger partial charge in [0.1, 0.15) is 4.88 Å². The van der Waals surface area contributed by atoms with Crippen LogP contribution in [0.5, 0.6) is 0 Å². The lowest BCUT2D eigenvalue weighted by Crippen LogP contribution is -2.13. The maximum absolute atomic E-state index is 12.1. The van der Waals surface area contributed by atoms with Gasteiger partial charge < -0.3 is 10.1 Å². The minimum Gasteiger partial charge on any atom is -0.462 e. The highest BCUT2D eigenvalue weighted by molar-refractivity contribution is 9.10. The second-order valence-electron chi connectivity index (χ2n) is 4.69. The van der Waals surface area contributed by atoms with E-state index < -0.39 is 0 Å². The minimum atomic E-state index is -0.349. The average molecular weight is 382 g/mol. The van der Waals surface area contributed by atoms with Gasteiger partial charge in [-0.15, -0.1) is 11.3 Å². The molecule has 116 valence electrons. The van der Waals surface area contributed by atoms with Crippen LogP contribution in [-0.4, -0.2) is 18.5 Å². The molecule has 4 nitrogen and oxygen atoms in total. The first-order chi connectivity index (χ1) is 10.5. The molecule has 22 heavy (non-hydrogen) atoms. The van der Waals surface area contributed by atoms with Crippen LogP contribution in [0, 0.1) is 6.92 Å². The van der Waals surface area contributed by atoms with Gasteiger partial charge in [-0.2, -0.15) is 0 Å². The summed E-state index contributed by atoms with van der Waals surface area (Å²) in [5.74, 6) is -0.461. The Bertz CT molecular complexity index is 679. The first-order valence-electron chi connectivity index (χ1n) is 6.81.